The van der Waals surface area contributed by atoms with Crippen LogP contribution in [-0.4, -0.2) is 21.2 Å². The Bertz CT molecular complexity index is 1240. The van der Waals surface area contributed by atoms with Gasteiger partial charge >= 0.3 is 0 Å². The summed E-state index contributed by atoms with van der Waals surface area (Å²) in [5.41, 5.74) is 5.43. The minimum absolute atomic E-state index is 0.146. The van der Waals surface area contributed by atoms with Crippen molar-refractivity contribution >= 4 is 28.3 Å². The second-order valence-electron chi connectivity index (χ2n) is 7.73. The monoisotopic (exact) mass is 410 g/mol. The fourth-order valence-electron chi connectivity index (χ4n) is 4.16. The molecule has 0 spiro atoms. The van der Waals surface area contributed by atoms with Gasteiger partial charge in [0, 0.05) is 21.9 Å². The summed E-state index contributed by atoms with van der Waals surface area (Å²) in [6.45, 7) is 1.96. The number of nitrogens with zero attached hydrogens (tertiary/aromatic N) is 2. The van der Waals surface area contributed by atoms with Gasteiger partial charge in [-0.05, 0) is 43.4 Å². The summed E-state index contributed by atoms with van der Waals surface area (Å²) < 4.78 is 0. The van der Waals surface area contributed by atoms with E-state index < -0.39 is 0 Å². The van der Waals surface area contributed by atoms with Crippen molar-refractivity contribution in [1.29, 1.82) is 0 Å². The molecule has 4 heteroatoms. The van der Waals surface area contributed by atoms with Crippen molar-refractivity contribution < 1.29 is 4.79 Å². The maximum absolute atomic E-state index is 13.1. The summed E-state index contributed by atoms with van der Waals surface area (Å²) in [5, 5.41) is 11.7. The average Bonchev–Trinajstić information content (AvgIpc) is 3.27. The molecule has 0 aliphatic heterocycles. The molecule has 3 aromatic carbocycles. The molecular formula is C26H22N2OS. The number of carbonyl (C=O) groups is 1. The summed E-state index contributed by atoms with van der Waals surface area (Å²) in [5.74, 6) is 0.146. The van der Waals surface area contributed by atoms with Crippen LogP contribution in [0.4, 0.5) is 0 Å². The van der Waals surface area contributed by atoms with E-state index >= 15 is 0 Å². The number of benzene rings is 3. The molecule has 30 heavy (non-hydrogen) atoms. The molecule has 0 N–H and O–H groups in total. The molecule has 1 aliphatic rings. The van der Waals surface area contributed by atoms with Gasteiger partial charge in [0.05, 0.1) is 5.25 Å². The quantitative estimate of drug-likeness (QED) is 0.292. The molecule has 1 aliphatic carbocycles. The molecule has 4 aromatic rings. The lowest BCUT2D eigenvalue weighted by Crippen LogP contribution is -2.14. The number of thioether (sulfide) groups is 1. The van der Waals surface area contributed by atoms with Crippen LogP contribution in [-0.2, 0) is 12.8 Å². The van der Waals surface area contributed by atoms with Crippen molar-refractivity contribution in [2.75, 3.05) is 0 Å². The summed E-state index contributed by atoms with van der Waals surface area (Å²) >= 11 is 1.49. The second-order valence-corrected chi connectivity index (χ2v) is 9.06. The molecule has 0 saturated carbocycles. The van der Waals surface area contributed by atoms with Gasteiger partial charge in [-0.25, -0.2) is 0 Å². The third-order valence-corrected chi connectivity index (χ3v) is 6.83. The molecule has 5 rings (SSSR count). The van der Waals surface area contributed by atoms with E-state index in [2.05, 4.69) is 34.5 Å². The van der Waals surface area contributed by atoms with E-state index in [1.807, 2.05) is 55.5 Å². The van der Waals surface area contributed by atoms with Crippen LogP contribution in [0.15, 0.2) is 77.8 Å². The third-order valence-electron chi connectivity index (χ3n) is 5.74. The number of hydrogen-bond donors (Lipinski definition) is 0. The van der Waals surface area contributed by atoms with Crippen LogP contribution in [0, 0.1) is 0 Å². The third kappa shape index (κ3) is 3.52. The molecule has 1 atom stereocenters. The maximum Gasteiger partial charge on any atom is 0.175 e. The van der Waals surface area contributed by atoms with E-state index in [-0.39, 0.29) is 11.0 Å². The Morgan fingerprint density at radius 3 is 2.43 bits per heavy atom. The van der Waals surface area contributed by atoms with E-state index in [1.165, 1.54) is 29.3 Å². The average molecular weight is 411 g/mol. The molecule has 0 radical (unpaired) electrons. The Hall–Kier alpha value is -2.98. The van der Waals surface area contributed by atoms with E-state index in [4.69, 9.17) is 0 Å². The zero-order valence-corrected chi connectivity index (χ0v) is 17.7. The zero-order chi connectivity index (χ0) is 20.5. The first-order valence-corrected chi connectivity index (χ1v) is 11.2. The van der Waals surface area contributed by atoms with Crippen LogP contribution in [0.25, 0.3) is 22.0 Å². The first kappa shape index (κ1) is 19.0. The lowest BCUT2D eigenvalue weighted by atomic mass is 10.0. The van der Waals surface area contributed by atoms with Gasteiger partial charge in [0.2, 0.25) is 0 Å². The van der Waals surface area contributed by atoms with Gasteiger partial charge in [-0.3, -0.25) is 4.79 Å². The van der Waals surface area contributed by atoms with Crippen LogP contribution in [0.5, 0.6) is 0 Å². The first-order chi connectivity index (χ1) is 14.7. The van der Waals surface area contributed by atoms with Crippen molar-refractivity contribution in [3.05, 3.63) is 89.5 Å². The molecule has 1 aromatic heterocycles. The number of ketones is 1. The fraction of sp³-hybridized carbons (Fsp3) is 0.192. The van der Waals surface area contributed by atoms with Crippen molar-refractivity contribution in [3.8, 4) is 11.3 Å². The van der Waals surface area contributed by atoms with Gasteiger partial charge in [0.15, 0.2) is 5.78 Å². The van der Waals surface area contributed by atoms with Crippen LogP contribution < -0.4 is 0 Å². The van der Waals surface area contributed by atoms with Crippen molar-refractivity contribution in [1.82, 2.24) is 10.2 Å². The summed E-state index contributed by atoms with van der Waals surface area (Å²) in [7, 11) is 0. The van der Waals surface area contributed by atoms with E-state index in [0.29, 0.717) is 0 Å². The number of hydrogen-bond acceptors (Lipinski definition) is 4. The van der Waals surface area contributed by atoms with Gasteiger partial charge in [0.1, 0.15) is 10.7 Å². The molecule has 1 heterocycles. The van der Waals surface area contributed by atoms with Gasteiger partial charge in [-0.15, -0.1) is 10.2 Å². The molecule has 3 nitrogen and oxygen atoms in total. The molecular weight excluding hydrogens is 388 g/mol. The minimum atomic E-state index is -0.232. The Morgan fingerprint density at radius 1 is 0.867 bits per heavy atom. The number of fused-ring (bicyclic) bond motifs is 2. The first-order valence-electron chi connectivity index (χ1n) is 10.3. The molecule has 0 fully saturated rings. The predicted octanol–water partition coefficient (Wildman–Crippen LogP) is 6.15. The number of aromatic nitrogens is 2. The van der Waals surface area contributed by atoms with Crippen molar-refractivity contribution in [3.63, 3.8) is 0 Å². The minimum Gasteiger partial charge on any atom is -0.293 e. The highest BCUT2D eigenvalue weighted by Gasteiger charge is 2.21. The molecule has 0 unspecified atom stereocenters. The normalized spacial score (nSPS) is 13.9. The maximum atomic E-state index is 13.1. The van der Waals surface area contributed by atoms with E-state index in [0.717, 1.165) is 45.5 Å². The summed E-state index contributed by atoms with van der Waals surface area (Å²) in [6.07, 6.45) is 3.39. The van der Waals surface area contributed by atoms with Gasteiger partial charge < -0.3 is 0 Å². The van der Waals surface area contributed by atoms with Crippen molar-refractivity contribution in [2.24, 2.45) is 0 Å². The van der Waals surface area contributed by atoms with Crippen molar-refractivity contribution in [2.45, 2.75) is 36.5 Å². The fourth-order valence-corrected chi connectivity index (χ4v) is 5.13. The predicted molar refractivity (Wildman–Crippen MR) is 123 cm³/mol. The van der Waals surface area contributed by atoms with Gasteiger partial charge in [-0.2, -0.15) is 0 Å². The summed E-state index contributed by atoms with van der Waals surface area (Å²) in [6, 6.07) is 24.4. The van der Waals surface area contributed by atoms with Gasteiger partial charge in [-0.1, -0.05) is 78.5 Å². The highest BCUT2D eigenvalue weighted by Crippen LogP contribution is 2.34. The Kier molecular flexibility index (Phi) is 5.09. The highest BCUT2D eigenvalue weighted by molar-refractivity contribution is 8.00. The smallest absolute Gasteiger partial charge is 0.175 e. The molecule has 0 bridgehead atoms. The molecule has 0 amide bonds. The zero-order valence-electron chi connectivity index (χ0n) is 16.8. The number of carbonyl (C=O) groups excluding carboxylic acids is 1. The van der Waals surface area contributed by atoms with Gasteiger partial charge in [0.25, 0.3) is 0 Å². The van der Waals surface area contributed by atoms with Crippen LogP contribution in [0.1, 0.15) is 34.8 Å². The van der Waals surface area contributed by atoms with E-state index in [9.17, 15) is 4.79 Å². The Labute approximate surface area is 180 Å². The Morgan fingerprint density at radius 2 is 1.60 bits per heavy atom. The largest absolute Gasteiger partial charge is 0.293 e. The topological polar surface area (TPSA) is 42.9 Å². The lowest BCUT2D eigenvalue weighted by Gasteiger charge is -2.13. The number of Topliss-reactive ketones (excluding diaryl/α,β-unsaturated/α-hetero) is 1. The SMILES string of the molecule is C[C@@H](Sc1nnc(-c2ccccc2)c2ccccc12)C(=O)c1ccc2c(c1)CCC2. The number of aryl methyl sites for hydroxylation is 2. The standard InChI is InChI=1S/C26H22N2OS/c1-17(25(29)21-15-14-18-10-7-11-20(18)16-21)30-26-23-13-6-5-12-22(23)24(27-28-26)19-8-3-2-4-9-19/h2-6,8-9,12-17H,7,10-11H2,1H3/t17-/m1/s1. The lowest BCUT2D eigenvalue weighted by molar-refractivity contribution is 0.0994. The van der Waals surface area contributed by atoms with Crippen LogP contribution in [0.3, 0.4) is 0 Å². The summed E-state index contributed by atoms with van der Waals surface area (Å²) in [4.78, 5) is 13.1. The second kappa shape index (κ2) is 8.04. The highest BCUT2D eigenvalue weighted by atomic mass is 32.2. The van der Waals surface area contributed by atoms with E-state index in [1.54, 1.807) is 0 Å². The molecule has 148 valence electrons. The number of rotatable bonds is 5. The van der Waals surface area contributed by atoms with Crippen LogP contribution in [0.2, 0.25) is 0 Å². The van der Waals surface area contributed by atoms with Crippen LogP contribution >= 0.6 is 11.8 Å². The molecule has 0 saturated heterocycles. The Balaban J connectivity index is 1.46.